The zero-order chi connectivity index (χ0) is 29.6. The fourth-order valence-electron chi connectivity index (χ4n) is 2.48. The number of benzene rings is 2. The number of carbonyl (C=O) groups excluding carboxylic acids is 3. The Morgan fingerprint density at radius 1 is 0.744 bits per heavy atom. The quantitative estimate of drug-likeness (QED) is 0.0683. The number of carbonyl (C=O) groups is 3. The summed E-state index contributed by atoms with van der Waals surface area (Å²) in [6, 6.07) is 13.3. The van der Waals surface area contributed by atoms with Crippen LogP contribution >= 0.6 is 0 Å². The number of unbranched alkanes of at least 4 members (excludes halogenated alkanes) is 1. The van der Waals surface area contributed by atoms with Crippen molar-refractivity contribution in [2.45, 2.75) is 33.6 Å². The van der Waals surface area contributed by atoms with Crippen molar-refractivity contribution in [1.29, 1.82) is 0 Å². The van der Waals surface area contributed by atoms with Gasteiger partial charge in [-0.05, 0) is 74.4 Å². The molecule has 0 aromatic heterocycles. The fraction of sp³-hybridized carbons (Fsp3) is 0.258. The molecule has 0 spiro atoms. The molecule has 0 aliphatic rings. The third-order valence-electron chi connectivity index (χ3n) is 4.35. The minimum Gasteiger partial charge on any atom is -0.497 e. The van der Waals surface area contributed by atoms with E-state index in [4.69, 9.17) is 23.7 Å². The minimum absolute atomic E-state index is 0.201. The summed E-state index contributed by atoms with van der Waals surface area (Å²) in [5, 5.41) is 0. The van der Waals surface area contributed by atoms with E-state index in [0.717, 1.165) is 12.5 Å². The van der Waals surface area contributed by atoms with Crippen LogP contribution in [0.3, 0.4) is 0 Å². The fourth-order valence-corrected chi connectivity index (χ4v) is 2.48. The number of ether oxygens (including phenoxy) is 5. The van der Waals surface area contributed by atoms with Gasteiger partial charge in [0.25, 0.3) is 0 Å². The smallest absolute Gasteiger partial charge is 0.343 e. The maximum absolute atomic E-state index is 11.7. The summed E-state index contributed by atoms with van der Waals surface area (Å²) < 4.78 is 25.1. The van der Waals surface area contributed by atoms with Crippen molar-refractivity contribution < 1.29 is 38.1 Å². The van der Waals surface area contributed by atoms with Crippen molar-refractivity contribution >= 4 is 17.9 Å². The molecule has 0 N–H and O–H groups in total. The molecule has 2 rings (SSSR count). The molecule has 0 radical (unpaired) electrons. The summed E-state index contributed by atoms with van der Waals surface area (Å²) >= 11 is 0. The van der Waals surface area contributed by atoms with E-state index < -0.39 is 17.9 Å². The van der Waals surface area contributed by atoms with Crippen molar-refractivity contribution in [1.82, 2.24) is 0 Å². The van der Waals surface area contributed by atoms with Gasteiger partial charge in [0.05, 0.1) is 37.2 Å². The molecule has 0 amide bonds. The van der Waals surface area contributed by atoms with Crippen molar-refractivity contribution in [3.8, 4) is 11.5 Å². The van der Waals surface area contributed by atoms with E-state index in [0.29, 0.717) is 48.0 Å². The number of esters is 3. The molecule has 0 fully saturated rings. The molecule has 0 bridgehead atoms. The first kappa shape index (κ1) is 34.4. The Balaban J connectivity index is 0.000000769. The van der Waals surface area contributed by atoms with Gasteiger partial charge in [0.2, 0.25) is 0 Å². The van der Waals surface area contributed by atoms with Crippen LogP contribution in [0.1, 0.15) is 54.3 Å². The lowest BCUT2D eigenvalue weighted by atomic mass is 10.2. The number of rotatable bonds is 13. The summed E-state index contributed by atoms with van der Waals surface area (Å²) in [6.45, 7) is 20.2. The molecule has 0 aliphatic heterocycles. The van der Waals surface area contributed by atoms with Crippen LogP contribution in [0.15, 0.2) is 98.5 Å². The van der Waals surface area contributed by atoms with E-state index in [9.17, 15) is 14.4 Å². The van der Waals surface area contributed by atoms with Crippen molar-refractivity contribution in [3.63, 3.8) is 0 Å². The summed E-state index contributed by atoms with van der Waals surface area (Å²) in [5.41, 5.74) is 0.880. The third-order valence-corrected chi connectivity index (χ3v) is 4.35. The third kappa shape index (κ3) is 15.3. The van der Waals surface area contributed by atoms with Gasteiger partial charge < -0.3 is 23.7 Å². The Labute approximate surface area is 231 Å². The largest absolute Gasteiger partial charge is 0.497 e. The summed E-state index contributed by atoms with van der Waals surface area (Å²) in [7, 11) is 1.57. The first-order valence-corrected chi connectivity index (χ1v) is 12.3. The zero-order valence-corrected chi connectivity index (χ0v) is 23.2. The lowest BCUT2D eigenvalue weighted by Crippen LogP contribution is -2.05. The van der Waals surface area contributed by atoms with E-state index in [1.54, 1.807) is 62.6 Å². The van der Waals surface area contributed by atoms with Gasteiger partial charge in [-0.25, -0.2) is 14.4 Å². The van der Waals surface area contributed by atoms with Crippen LogP contribution in [0.2, 0.25) is 0 Å². The second kappa shape index (κ2) is 20.5. The predicted octanol–water partition coefficient (Wildman–Crippen LogP) is 6.84. The molecular weight excluding hydrogens is 500 g/mol. The molecule has 2 aromatic carbocycles. The van der Waals surface area contributed by atoms with E-state index in [2.05, 4.69) is 26.3 Å². The molecule has 0 saturated heterocycles. The minimum atomic E-state index is -0.495. The van der Waals surface area contributed by atoms with Crippen LogP contribution in [0.4, 0.5) is 0 Å². The van der Waals surface area contributed by atoms with Crippen LogP contribution in [-0.2, 0) is 19.0 Å². The van der Waals surface area contributed by atoms with Gasteiger partial charge in [-0.1, -0.05) is 40.2 Å². The van der Waals surface area contributed by atoms with Gasteiger partial charge in [0, 0.05) is 6.08 Å². The van der Waals surface area contributed by atoms with Gasteiger partial charge in [-0.3, -0.25) is 0 Å². The van der Waals surface area contributed by atoms with Gasteiger partial charge in [-0.15, -0.1) is 0 Å². The molecule has 0 heterocycles. The van der Waals surface area contributed by atoms with Crippen LogP contribution in [-0.4, -0.2) is 38.2 Å². The Kier molecular flexibility index (Phi) is 18.1. The normalized spacial score (nSPS) is 9.13. The Morgan fingerprint density at radius 3 is 1.69 bits per heavy atom. The first-order chi connectivity index (χ1) is 18.7. The van der Waals surface area contributed by atoms with Crippen LogP contribution in [0, 0.1) is 0 Å². The monoisotopic (exact) mass is 538 g/mol. The average molecular weight is 539 g/mol. The number of hydrogen-bond acceptors (Lipinski definition) is 8. The van der Waals surface area contributed by atoms with Crippen LogP contribution in [0.5, 0.6) is 11.5 Å². The standard InChI is InChI=1S/C18H20O5.C11H12O3.C2H6/c1-4-14(3)23-18(20)15-8-10-16(11-9-15)21-12-6-7-13-22-17(19)5-2;1-8(2)14-11(12)9-4-6-10(13-3)7-5-9;1-2/h4-5,8-11H,1-3,6-7,12-13H2;4-7H,1H2,2-3H3;1-2H3. The van der Waals surface area contributed by atoms with Crippen LogP contribution in [0.25, 0.3) is 0 Å². The molecule has 0 saturated carbocycles. The highest BCUT2D eigenvalue weighted by Gasteiger charge is 2.08. The summed E-state index contributed by atoms with van der Waals surface area (Å²) in [5.74, 6) is 0.612. The Morgan fingerprint density at radius 2 is 1.23 bits per heavy atom. The van der Waals surface area contributed by atoms with E-state index in [1.165, 1.54) is 6.08 Å². The molecule has 39 heavy (non-hydrogen) atoms. The predicted molar refractivity (Wildman–Crippen MR) is 152 cm³/mol. The molecule has 0 aliphatic carbocycles. The van der Waals surface area contributed by atoms with E-state index in [-0.39, 0.29) is 5.76 Å². The molecule has 0 unspecified atom stereocenters. The lowest BCUT2D eigenvalue weighted by molar-refractivity contribution is -0.137. The molecule has 2 aromatic rings. The topological polar surface area (TPSA) is 97.4 Å². The molecule has 0 atom stereocenters. The summed E-state index contributed by atoms with van der Waals surface area (Å²) in [6.07, 6.45) is 3.94. The van der Waals surface area contributed by atoms with E-state index >= 15 is 0 Å². The SMILES string of the molecule is C=C(C)OC(=O)c1ccc(OC)cc1.C=CC(=C)OC(=O)c1ccc(OCCCCOC(=O)C=C)cc1.CC. The second-order valence-electron chi connectivity index (χ2n) is 7.33. The highest BCUT2D eigenvalue weighted by molar-refractivity contribution is 5.90. The Hall–Kier alpha value is -4.59. The molecule has 8 heteroatoms. The Bertz CT molecular complexity index is 1080. The first-order valence-electron chi connectivity index (χ1n) is 12.3. The summed E-state index contributed by atoms with van der Waals surface area (Å²) in [4.78, 5) is 33.9. The highest BCUT2D eigenvalue weighted by atomic mass is 16.5. The number of allylic oxidation sites excluding steroid dienone is 2. The molecule has 8 nitrogen and oxygen atoms in total. The van der Waals surface area contributed by atoms with Gasteiger partial charge in [0.15, 0.2) is 0 Å². The van der Waals surface area contributed by atoms with Gasteiger partial charge in [0.1, 0.15) is 17.3 Å². The zero-order valence-electron chi connectivity index (χ0n) is 23.2. The van der Waals surface area contributed by atoms with E-state index in [1.807, 2.05) is 13.8 Å². The van der Waals surface area contributed by atoms with Crippen LogP contribution < -0.4 is 9.47 Å². The molecule has 210 valence electrons. The average Bonchev–Trinajstić information content (AvgIpc) is 2.96. The highest BCUT2D eigenvalue weighted by Crippen LogP contribution is 2.15. The van der Waals surface area contributed by atoms with Crippen molar-refractivity contribution in [2.24, 2.45) is 0 Å². The van der Waals surface area contributed by atoms with Gasteiger partial charge in [-0.2, -0.15) is 0 Å². The maximum Gasteiger partial charge on any atom is 0.343 e. The number of methoxy groups -OCH3 is 1. The molecular formula is C31H38O8. The van der Waals surface area contributed by atoms with Gasteiger partial charge >= 0.3 is 17.9 Å². The maximum atomic E-state index is 11.7. The number of hydrogen-bond donors (Lipinski definition) is 0. The van der Waals surface area contributed by atoms with Crippen molar-refractivity contribution in [3.05, 3.63) is 110 Å². The second-order valence-corrected chi connectivity index (χ2v) is 7.33. The van der Waals surface area contributed by atoms with Crippen molar-refractivity contribution in [2.75, 3.05) is 20.3 Å². The lowest BCUT2D eigenvalue weighted by Gasteiger charge is -2.07.